The molecule has 4 heteroatoms. The lowest BCUT2D eigenvalue weighted by atomic mass is 10.2. The standard InChI is InChI=1S/C16H24N2O2/c1-3-13(2)20-15-8-6-7-14(11-15)17-12-16(19)18-9-4-5-10-18/h6-8,11,13,17H,3-5,9-10,12H2,1-2H3. The summed E-state index contributed by atoms with van der Waals surface area (Å²) in [4.78, 5) is 13.9. The molecule has 1 fully saturated rings. The summed E-state index contributed by atoms with van der Waals surface area (Å²) in [6.07, 6.45) is 3.44. The summed E-state index contributed by atoms with van der Waals surface area (Å²) >= 11 is 0. The Balaban J connectivity index is 1.86. The molecular formula is C16H24N2O2. The average molecular weight is 276 g/mol. The number of ether oxygens (including phenoxy) is 1. The van der Waals surface area contributed by atoms with E-state index in [0.29, 0.717) is 6.54 Å². The Morgan fingerprint density at radius 1 is 1.40 bits per heavy atom. The smallest absolute Gasteiger partial charge is 0.241 e. The van der Waals surface area contributed by atoms with E-state index >= 15 is 0 Å². The van der Waals surface area contributed by atoms with Gasteiger partial charge in [0.2, 0.25) is 5.91 Å². The van der Waals surface area contributed by atoms with Crippen LogP contribution in [-0.4, -0.2) is 36.5 Å². The molecule has 1 N–H and O–H groups in total. The van der Waals surface area contributed by atoms with Crippen LogP contribution in [-0.2, 0) is 4.79 Å². The van der Waals surface area contributed by atoms with Gasteiger partial charge in [0, 0.05) is 24.8 Å². The quantitative estimate of drug-likeness (QED) is 0.868. The van der Waals surface area contributed by atoms with E-state index in [1.165, 1.54) is 0 Å². The molecule has 0 bridgehead atoms. The summed E-state index contributed by atoms with van der Waals surface area (Å²) in [6, 6.07) is 7.80. The molecule has 20 heavy (non-hydrogen) atoms. The van der Waals surface area contributed by atoms with Crippen molar-refractivity contribution < 1.29 is 9.53 Å². The second-order valence-electron chi connectivity index (χ2n) is 5.31. The number of rotatable bonds is 6. The van der Waals surface area contributed by atoms with Gasteiger partial charge >= 0.3 is 0 Å². The van der Waals surface area contributed by atoms with Crippen LogP contribution in [0.25, 0.3) is 0 Å². The van der Waals surface area contributed by atoms with E-state index in [9.17, 15) is 4.79 Å². The molecule has 1 aliphatic rings. The molecule has 0 spiro atoms. The fraction of sp³-hybridized carbons (Fsp3) is 0.562. The van der Waals surface area contributed by atoms with Crippen molar-refractivity contribution in [2.75, 3.05) is 25.0 Å². The number of hydrogen-bond donors (Lipinski definition) is 1. The first-order valence-electron chi connectivity index (χ1n) is 7.47. The van der Waals surface area contributed by atoms with Crippen LogP contribution < -0.4 is 10.1 Å². The van der Waals surface area contributed by atoms with E-state index in [-0.39, 0.29) is 12.0 Å². The Morgan fingerprint density at radius 2 is 2.15 bits per heavy atom. The third kappa shape index (κ3) is 4.15. The van der Waals surface area contributed by atoms with E-state index in [4.69, 9.17) is 4.74 Å². The van der Waals surface area contributed by atoms with Crippen LogP contribution in [0.4, 0.5) is 5.69 Å². The predicted octanol–water partition coefficient (Wildman–Crippen LogP) is 2.90. The van der Waals surface area contributed by atoms with Gasteiger partial charge in [-0.3, -0.25) is 4.79 Å². The van der Waals surface area contributed by atoms with Crippen molar-refractivity contribution in [1.29, 1.82) is 0 Å². The minimum absolute atomic E-state index is 0.177. The predicted molar refractivity (Wildman–Crippen MR) is 81.1 cm³/mol. The highest BCUT2D eigenvalue weighted by atomic mass is 16.5. The van der Waals surface area contributed by atoms with Crippen LogP contribution in [0.1, 0.15) is 33.1 Å². The van der Waals surface area contributed by atoms with E-state index in [1.807, 2.05) is 29.2 Å². The summed E-state index contributed by atoms with van der Waals surface area (Å²) in [6.45, 7) is 6.31. The van der Waals surface area contributed by atoms with Crippen LogP contribution in [0.15, 0.2) is 24.3 Å². The van der Waals surface area contributed by atoms with Gasteiger partial charge in [-0.2, -0.15) is 0 Å². The zero-order valence-electron chi connectivity index (χ0n) is 12.4. The molecule has 1 heterocycles. The molecule has 0 saturated carbocycles. The first-order chi connectivity index (χ1) is 9.69. The van der Waals surface area contributed by atoms with Gasteiger partial charge in [-0.1, -0.05) is 13.0 Å². The Kier molecular flexibility index (Phi) is 5.27. The molecule has 1 unspecified atom stereocenters. The lowest BCUT2D eigenvalue weighted by Crippen LogP contribution is -2.32. The van der Waals surface area contributed by atoms with Crippen LogP contribution in [0.3, 0.4) is 0 Å². The van der Waals surface area contributed by atoms with Crippen molar-refractivity contribution in [3.05, 3.63) is 24.3 Å². The normalized spacial score (nSPS) is 16.0. The molecule has 1 amide bonds. The summed E-state index contributed by atoms with van der Waals surface area (Å²) < 4.78 is 5.78. The zero-order chi connectivity index (χ0) is 14.4. The molecule has 0 aliphatic carbocycles. The van der Waals surface area contributed by atoms with Gasteiger partial charge in [-0.05, 0) is 38.3 Å². The van der Waals surface area contributed by atoms with E-state index < -0.39 is 0 Å². The Morgan fingerprint density at radius 3 is 2.85 bits per heavy atom. The Hall–Kier alpha value is -1.71. The number of amides is 1. The number of nitrogens with zero attached hydrogens (tertiary/aromatic N) is 1. The molecule has 1 saturated heterocycles. The molecule has 1 aromatic rings. The second-order valence-corrected chi connectivity index (χ2v) is 5.31. The molecule has 1 aromatic carbocycles. The number of carbonyl (C=O) groups is 1. The highest BCUT2D eigenvalue weighted by Crippen LogP contribution is 2.19. The lowest BCUT2D eigenvalue weighted by Gasteiger charge is -2.17. The van der Waals surface area contributed by atoms with E-state index in [0.717, 1.165) is 43.8 Å². The average Bonchev–Trinajstić information content (AvgIpc) is 2.99. The molecule has 0 radical (unpaired) electrons. The van der Waals surface area contributed by atoms with Crippen LogP contribution in [0.2, 0.25) is 0 Å². The van der Waals surface area contributed by atoms with Gasteiger partial charge in [0.25, 0.3) is 0 Å². The fourth-order valence-corrected chi connectivity index (χ4v) is 2.25. The molecule has 0 aromatic heterocycles. The number of likely N-dealkylation sites (tertiary alicyclic amines) is 1. The van der Waals surface area contributed by atoms with E-state index in [2.05, 4.69) is 19.2 Å². The maximum Gasteiger partial charge on any atom is 0.241 e. The van der Waals surface area contributed by atoms with Crippen molar-refractivity contribution in [1.82, 2.24) is 4.90 Å². The summed E-state index contributed by atoms with van der Waals surface area (Å²) in [5.74, 6) is 1.02. The number of nitrogens with one attached hydrogen (secondary N) is 1. The third-order valence-corrected chi connectivity index (χ3v) is 3.65. The first kappa shape index (κ1) is 14.7. The van der Waals surface area contributed by atoms with Crippen molar-refractivity contribution in [3.8, 4) is 5.75 Å². The van der Waals surface area contributed by atoms with Gasteiger partial charge < -0.3 is 15.0 Å². The molecule has 110 valence electrons. The number of benzene rings is 1. The van der Waals surface area contributed by atoms with Crippen LogP contribution in [0, 0.1) is 0 Å². The Labute approximate surface area is 121 Å². The minimum atomic E-state index is 0.177. The van der Waals surface area contributed by atoms with Crippen LogP contribution in [0.5, 0.6) is 5.75 Å². The van der Waals surface area contributed by atoms with Gasteiger partial charge in [-0.15, -0.1) is 0 Å². The van der Waals surface area contributed by atoms with Gasteiger partial charge in [0.1, 0.15) is 5.75 Å². The highest BCUT2D eigenvalue weighted by molar-refractivity contribution is 5.81. The molecular weight excluding hydrogens is 252 g/mol. The molecule has 2 rings (SSSR count). The largest absolute Gasteiger partial charge is 0.491 e. The molecule has 1 aliphatic heterocycles. The fourth-order valence-electron chi connectivity index (χ4n) is 2.25. The van der Waals surface area contributed by atoms with Gasteiger partial charge in [0.15, 0.2) is 0 Å². The second kappa shape index (κ2) is 7.17. The molecule has 1 atom stereocenters. The summed E-state index contributed by atoms with van der Waals surface area (Å²) in [7, 11) is 0. The van der Waals surface area contributed by atoms with Crippen molar-refractivity contribution in [2.45, 2.75) is 39.2 Å². The van der Waals surface area contributed by atoms with Crippen molar-refractivity contribution >= 4 is 11.6 Å². The number of anilines is 1. The maximum atomic E-state index is 12.0. The third-order valence-electron chi connectivity index (χ3n) is 3.65. The minimum Gasteiger partial charge on any atom is -0.491 e. The van der Waals surface area contributed by atoms with E-state index in [1.54, 1.807) is 0 Å². The van der Waals surface area contributed by atoms with Crippen molar-refractivity contribution in [3.63, 3.8) is 0 Å². The Bertz CT molecular complexity index is 442. The van der Waals surface area contributed by atoms with Gasteiger partial charge in [-0.25, -0.2) is 0 Å². The van der Waals surface area contributed by atoms with Crippen molar-refractivity contribution in [2.24, 2.45) is 0 Å². The van der Waals surface area contributed by atoms with Gasteiger partial charge in [0.05, 0.1) is 12.6 Å². The lowest BCUT2D eigenvalue weighted by molar-refractivity contribution is -0.128. The number of carbonyl (C=O) groups excluding carboxylic acids is 1. The van der Waals surface area contributed by atoms with Crippen LogP contribution >= 0.6 is 0 Å². The SMILES string of the molecule is CCC(C)Oc1cccc(NCC(=O)N2CCCC2)c1. The highest BCUT2D eigenvalue weighted by Gasteiger charge is 2.17. The zero-order valence-corrected chi connectivity index (χ0v) is 12.4. The molecule has 4 nitrogen and oxygen atoms in total. The summed E-state index contributed by atoms with van der Waals surface area (Å²) in [5, 5.41) is 3.18. The monoisotopic (exact) mass is 276 g/mol. The summed E-state index contributed by atoms with van der Waals surface area (Å²) in [5.41, 5.74) is 0.929. The number of hydrogen-bond acceptors (Lipinski definition) is 3. The first-order valence-corrected chi connectivity index (χ1v) is 7.47. The maximum absolute atomic E-state index is 12.0. The topological polar surface area (TPSA) is 41.6 Å².